The third-order valence-corrected chi connectivity index (χ3v) is 7.61. The molecule has 4 amide bonds. The van der Waals surface area contributed by atoms with Crippen LogP contribution in [0.4, 0.5) is 0 Å². The summed E-state index contributed by atoms with van der Waals surface area (Å²) in [4.78, 5) is 54.7. The molecule has 4 N–H and O–H groups in total. The first-order valence-corrected chi connectivity index (χ1v) is 11.6. The van der Waals surface area contributed by atoms with E-state index in [0.29, 0.717) is 43.1 Å². The summed E-state index contributed by atoms with van der Waals surface area (Å²) in [6.07, 6.45) is 0. The van der Waals surface area contributed by atoms with Gasteiger partial charge >= 0.3 is 0 Å². The maximum absolute atomic E-state index is 13.3. The second kappa shape index (κ2) is 7.08. The van der Waals surface area contributed by atoms with Crippen LogP contribution in [0, 0.1) is 22.7 Å². The molecule has 0 saturated carbocycles. The molecule has 0 fully saturated rings. The smallest absolute Gasteiger partial charge is 0.262 e. The fourth-order valence-corrected chi connectivity index (χ4v) is 6.08. The predicted octanol–water partition coefficient (Wildman–Crippen LogP) is 2.50. The second-order valence-corrected chi connectivity index (χ2v) is 9.18. The summed E-state index contributed by atoms with van der Waals surface area (Å²) in [5.41, 5.74) is 12.5. The summed E-state index contributed by atoms with van der Waals surface area (Å²) in [6, 6.07) is 13.7. The van der Waals surface area contributed by atoms with Gasteiger partial charge in [-0.15, -0.1) is 0 Å². The molecule has 5 aromatic rings. The summed E-state index contributed by atoms with van der Waals surface area (Å²) in [5, 5.41) is 24.1. The Kier molecular flexibility index (Phi) is 4.07. The van der Waals surface area contributed by atoms with Crippen LogP contribution in [-0.2, 0) is 0 Å². The summed E-state index contributed by atoms with van der Waals surface area (Å²) < 4.78 is 0. The Hall–Kier alpha value is -5.42. The first-order valence-electron chi connectivity index (χ1n) is 11.6. The van der Waals surface area contributed by atoms with Gasteiger partial charge in [0.15, 0.2) is 0 Å². The van der Waals surface area contributed by atoms with Crippen molar-refractivity contribution >= 4 is 66.7 Å². The highest BCUT2D eigenvalue weighted by atomic mass is 16.2. The number of fused-ring (bicyclic) bond motifs is 2. The lowest BCUT2D eigenvalue weighted by molar-refractivity contribution is 0.0599. The quantitative estimate of drug-likeness (QED) is 0.212. The Balaban J connectivity index is 1.81. The molecule has 2 heterocycles. The van der Waals surface area contributed by atoms with Crippen molar-refractivity contribution < 1.29 is 19.2 Å². The molecule has 2 aliphatic heterocycles. The molecule has 5 aromatic carbocycles. The fourth-order valence-electron chi connectivity index (χ4n) is 6.08. The number of amides is 4. The summed E-state index contributed by atoms with van der Waals surface area (Å²) in [6.45, 7) is -0.643. The molecule has 38 heavy (non-hydrogen) atoms. The van der Waals surface area contributed by atoms with Crippen LogP contribution in [0.3, 0.4) is 0 Å². The van der Waals surface area contributed by atoms with Crippen molar-refractivity contribution in [3.8, 4) is 12.1 Å². The maximum atomic E-state index is 13.3. The molecular weight excluding hydrogens is 484 g/mol. The zero-order valence-electron chi connectivity index (χ0n) is 19.5. The van der Waals surface area contributed by atoms with E-state index in [1.54, 1.807) is 24.3 Å². The Bertz CT molecular complexity index is 1980. The minimum absolute atomic E-state index is 0.143. The number of carbonyl (C=O) groups excluding carboxylic acids is 4. The highest BCUT2D eigenvalue weighted by Crippen LogP contribution is 2.48. The van der Waals surface area contributed by atoms with Gasteiger partial charge in [-0.3, -0.25) is 29.0 Å². The van der Waals surface area contributed by atoms with Gasteiger partial charge in [-0.25, -0.2) is 0 Å². The van der Waals surface area contributed by atoms with Gasteiger partial charge in [0.2, 0.25) is 0 Å². The standard InChI is InChI=1S/C28H14N6O4/c29-7-11-5-17-23-18(28(38)34(10-32)27(17)37)6-12(8-30)20-14-2-4-16-22-15(25(35)33(9-31)26(16)36)3-1-13(21(14)22)19(11)24(20)23/h1-6H,9-10,31-32H2. The molecular formula is C28H14N6O4. The van der Waals surface area contributed by atoms with Crippen LogP contribution >= 0.6 is 0 Å². The van der Waals surface area contributed by atoms with Crippen molar-refractivity contribution in [3.05, 3.63) is 69.8 Å². The van der Waals surface area contributed by atoms with E-state index in [9.17, 15) is 29.7 Å². The summed E-state index contributed by atoms with van der Waals surface area (Å²) in [5.74, 6) is -2.33. The van der Waals surface area contributed by atoms with Crippen LogP contribution in [0.2, 0.25) is 0 Å². The second-order valence-electron chi connectivity index (χ2n) is 9.18. The predicted molar refractivity (Wildman–Crippen MR) is 136 cm³/mol. The number of nitrogens with two attached hydrogens (primary N) is 2. The lowest BCUT2D eigenvalue weighted by Crippen LogP contribution is -2.43. The van der Waals surface area contributed by atoms with Crippen LogP contribution in [-0.4, -0.2) is 46.8 Å². The highest BCUT2D eigenvalue weighted by Gasteiger charge is 2.37. The molecule has 0 unspecified atom stereocenters. The number of benzene rings is 5. The van der Waals surface area contributed by atoms with E-state index in [-0.39, 0.29) is 46.7 Å². The number of nitrogens with zero attached hydrogens (tertiary/aromatic N) is 4. The third kappa shape index (κ3) is 2.27. The van der Waals surface area contributed by atoms with Crippen LogP contribution in [0.1, 0.15) is 52.6 Å². The number of hydrogen-bond donors (Lipinski definition) is 2. The Morgan fingerprint density at radius 3 is 1.34 bits per heavy atom. The van der Waals surface area contributed by atoms with E-state index in [0.717, 1.165) is 9.80 Å². The van der Waals surface area contributed by atoms with E-state index in [1.165, 1.54) is 12.1 Å². The third-order valence-electron chi connectivity index (χ3n) is 7.61. The molecule has 0 spiro atoms. The lowest BCUT2D eigenvalue weighted by atomic mass is 9.79. The lowest BCUT2D eigenvalue weighted by Gasteiger charge is -2.29. The van der Waals surface area contributed by atoms with Crippen molar-refractivity contribution in [1.82, 2.24) is 9.80 Å². The summed E-state index contributed by atoms with van der Waals surface area (Å²) >= 11 is 0. The fraction of sp³-hybridized carbons (Fsp3) is 0.0714. The van der Waals surface area contributed by atoms with Crippen LogP contribution in [0.15, 0.2) is 36.4 Å². The van der Waals surface area contributed by atoms with Gasteiger partial charge in [0.1, 0.15) is 0 Å². The van der Waals surface area contributed by atoms with E-state index in [1.807, 2.05) is 0 Å². The molecule has 0 saturated heterocycles. The van der Waals surface area contributed by atoms with Crippen LogP contribution in [0.25, 0.3) is 43.1 Å². The van der Waals surface area contributed by atoms with Gasteiger partial charge in [-0.2, -0.15) is 10.5 Å². The number of carbonyl (C=O) groups is 4. The zero-order valence-corrected chi connectivity index (χ0v) is 19.5. The first kappa shape index (κ1) is 21.8. The first-order chi connectivity index (χ1) is 18.4. The molecule has 2 aliphatic rings. The van der Waals surface area contributed by atoms with Crippen LogP contribution < -0.4 is 11.5 Å². The SMILES string of the molecule is N#Cc1cc2c3c(cc(C#N)c4c5ccc6c7c(ccc(c1c34)c75)C(=O)N(CN)C6=O)C(=O)N(CN)C2=O. The topological polar surface area (TPSA) is 174 Å². The Labute approximate surface area is 213 Å². The van der Waals surface area contributed by atoms with Gasteiger partial charge < -0.3 is 11.5 Å². The van der Waals surface area contributed by atoms with Crippen molar-refractivity contribution in [2.45, 2.75) is 0 Å². The molecule has 180 valence electrons. The Morgan fingerprint density at radius 2 is 0.947 bits per heavy atom. The van der Waals surface area contributed by atoms with Gasteiger partial charge in [0.25, 0.3) is 23.6 Å². The molecule has 0 aromatic heterocycles. The zero-order chi connectivity index (χ0) is 26.6. The number of hydrogen-bond acceptors (Lipinski definition) is 8. The number of rotatable bonds is 2. The van der Waals surface area contributed by atoms with Gasteiger partial charge in [0, 0.05) is 38.1 Å². The van der Waals surface area contributed by atoms with Gasteiger partial charge in [-0.1, -0.05) is 12.1 Å². The highest BCUT2D eigenvalue weighted by molar-refractivity contribution is 6.42. The molecule has 10 heteroatoms. The van der Waals surface area contributed by atoms with Crippen molar-refractivity contribution in [1.29, 1.82) is 10.5 Å². The maximum Gasteiger partial charge on any atom is 0.262 e. The van der Waals surface area contributed by atoms with Gasteiger partial charge in [0.05, 0.1) is 47.7 Å². The van der Waals surface area contributed by atoms with Gasteiger partial charge in [-0.05, 0) is 40.4 Å². The van der Waals surface area contributed by atoms with E-state index < -0.39 is 23.6 Å². The summed E-state index contributed by atoms with van der Waals surface area (Å²) in [7, 11) is 0. The number of nitriles is 2. The van der Waals surface area contributed by atoms with E-state index >= 15 is 0 Å². The average Bonchev–Trinajstić information content (AvgIpc) is 2.93. The molecule has 0 radical (unpaired) electrons. The monoisotopic (exact) mass is 498 g/mol. The Morgan fingerprint density at radius 1 is 0.553 bits per heavy atom. The van der Waals surface area contributed by atoms with Crippen molar-refractivity contribution in [2.24, 2.45) is 11.5 Å². The number of imide groups is 2. The minimum atomic E-state index is -0.627. The molecule has 10 nitrogen and oxygen atoms in total. The minimum Gasteiger partial charge on any atom is -0.313 e. The molecule has 0 aliphatic carbocycles. The van der Waals surface area contributed by atoms with E-state index in [2.05, 4.69) is 12.1 Å². The molecule has 7 rings (SSSR count). The molecule has 0 bridgehead atoms. The van der Waals surface area contributed by atoms with Crippen molar-refractivity contribution in [2.75, 3.05) is 13.3 Å². The van der Waals surface area contributed by atoms with E-state index in [4.69, 9.17) is 11.5 Å². The molecule has 0 atom stereocenters. The normalized spacial score (nSPS) is 14.8. The van der Waals surface area contributed by atoms with Crippen molar-refractivity contribution in [3.63, 3.8) is 0 Å². The average molecular weight is 498 g/mol. The largest absolute Gasteiger partial charge is 0.313 e. The van der Waals surface area contributed by atoms with Crippen LogP contribution in [0.5, 0.6) is 0 Å².